The van der Waals surface area contributed by atoms with Crippen molar-refractivity contribution in [2.24, 2.45) is 4.99 Å². The van der Waals surface area contributed by atoms with Gasteiger partial charge in [-0.3, -0.25) is 4.99 Å². The van der Waals surface area contributed by atoms with Gasteiger partial charge in [-0.15, -0.1) is 0 Å². The number of halogens is 2. The number of nitrogens with zero attached hydrogens (tertiary/aromatic N) is 1. The summed E-state index contributed by atoms with van der Waals surface area (Å²) >= 11 is 6.30. The predicted molar refractivity (Wildman–Crippen MR) is 107 cm³/mol. The molecule has 0 aliphatic heterocycles. The highest BCUT2D eigenvalue weighted by Gasteiger charge is 2.12. The van der Waals surface area contributed by atoms with Gasteiger partial charge < -0.3 is 20.1 Å². The summed E-state index contributed by atoms with van der Waals surface area (Å²) in [6.45, 7) is 3.61. The monoisotopic (exact) mass is 393 g/mol. The molecule has 0 radical (unpaired) electrons. The molecule has 0 saturated carbocycles. The van der Waals surface area contributed by atoms with E-state index in [0.717, 1.165) is 17.5 Å². The second-order valence-electron chi connectivity index (χ2n) is 5.77. The third kappa shape index (κ3) is 6.32. The molecule has 2 aromatic carbocycles. The van der Waals surface area contributed by atoms with Crippen LogP contribution in [0.3, 0.4) is 0 Å². The molecule has 0 saturated heterocycles. The van der Waals surface area contributed by atoms with E-state index in [1.54, 1.807) is 26.3 Å². The molecule has 0 aliphatic rings. The topological polar surface area (TPSA) is 54.9 Å². The summed E-state index contributed by atoms with van der Waals surface area (Å²) in [4.78, 5) is 4.21. The largest absolute Gasteiger partial charge is 0.493 e. The number of aliphatic imine (C=N–C) groups is 1. The van der Waals surface area contributed by atoms with Crippen LogP contribution in [0.5, 0.6) is 11.5 Å². The molecule has 0 aliphatic carbocycles. The van der Waals surface area contributed by atoms with Gasteiger partial charge in [-0.25, -0.2) is 4.39 Å². The second kappa shape index (κ2) is 10.6. The first-order valence-corrected chi connectivity index (χ1v) is 9.13. The Morgan fingerprint density at radius 1 is 1.15 bits per heavy atom. The van der Waals surface area contributed by atoms with Crippen molar-refractivity contribution in [3.63, 3.8) is 0 Å². The Bertz CT molecular complexity index is 767. The number of rotatable bonds is 8. The van der Waals surface area contributed by atoms with Gasteiger partial charge in [0.2, 0.25) is 0 Å². The SMILES string of the molecule is CCOc1c(Cl)cc(CNC(=NC)NCCc2ccc(F)cc2)cc1OC. The number of hydrogen-bond acceptors (Lipinski definition) is 3. The first-order valence-electron chi connectivity index (χ1n) is 8.75. The maximum absolute atomic E-state index is 12.9. The van der Waals surface area contributed by atoms with Gasteiger partial charge in [0.15, 0.2) is 17.5 Å². The minimum absolute atomic E-state index is 0.228. The molecule has 0 fully saturated rings. The van der Waals surface area contributed by atoms with Crippen LogP contribution in [0.2, 0.25) is 5.02 Å². The predicted octanol–water partition coefficient (Wildman–Crippen LogP) is 3.79. The van der Waals surface area contributed by atoms with Crippen LogP contribution in [0.4, 0.5) is 4.39 Å². The molecule has 0 heterocycles. The van der Waals surface area contributed by atoms with Crippen molar-refractivity contribution >= 4 is 17.6 Å². The van der Waals surface area contributed by atoms with Crippen LogP contribution in [0.25, 0.3) is 0 Å². The lowest BCUT2D eigenvalue weighted by Crippen LogP contribution is -2.37. The lowest BCUT2D eigenvalue weighted by Gasteiger charge is -2.15. The maximum Gasteiger partial charge on any atom is 0.191 e. The number of nitrogens with one attached hydrogen (secondary N) is 2. The first-order chi connectivity index (χ1) is 13.1. The van der Waals surface area contributed by atoms with Crippen LogP contribution >= 0.6 is 11.6 Å². The van der Waals surface area contributed by atoms with Gasteiger partial charge in [-0.1, -0.05) is 23.7 Å². The molecule has 5 nitrogen and oxygen atoms in total. The van der Waals surface area contributed by atoms with Crippen LogP contribution in [-0.2, 0) is 13.0 Å². The fraction of sp³-hybridized carbons (Fsp3) is 0.350. The summed E-state index contributed by atoms with van der Waals surface area (Å²) in [5.41, 5.74) is 2.00. The molecular weight excluding hydrogens is 369 g/mol. The van der Waals surface area contributed by atoms with E-state index in [1.807, 2.05) is 19.1 Å². The van der Waals surface area contributed by atoms with Crippen LogP contribution in [-0.4, -0.2) is 33.3 Å². The van der Waals surface area contributed by atoms with Crippen molar-refractivity contribution in [2.45, 2.75) is 19.9 Å². The summed E-state index contributed by atoms with van der Waals surface area (Å²) in [5.74, 6) is 1.59. The molecule has 0 amide bonds. The summed E-state index contributed by atoms with van der Waals surface area (Å²) in [7, 11) is 3.29. The van der Waals surface area contributed by atoms with E-state index in [-0.39, 0.29) is 5.82 Å². The van der Waals surface area contributed by atoms with Gasteiger partial charge >= 0.3 is 0 Å². The molecule has 0 spiro atoms. The number of ether oxygens (including phenoxy) is 2. The van der Waals surface area contributed by atoms with Crippen LogP contribution in [0, 0.1) is 5.82 Å². The Morgan fingerprint density at radius 3 is 2.52 bits per heavy atom. The van der Waals surface area contributed by atoms with E-state index >= 15 is 0 Å². The summed E-state index contributed by atoms with van der Waals surface area (Å²) in [6, 6.07) is 10.2. The Kier molecular flexibility index (Phi) is 8.20. The average Bonchev–Trinajstić information content (AvgIpc) is 2.67. The normalized spacial score (nSPS) is 11.2. The number of guanidine groups is 1. The van der Waals surface area contributed by atoms with E-state index < -0.39 is 0 Å². The van der Waals surface area contributed by atoms with Gasteiger partial charge in [0, 0.05) is 20.1 Å². The summed E-state index contributed by atoms with van der Waals surface area (Å²) in [6.07, 6.45) is 0.768. The molecular formula is C20H25ClFN3O2. The first kappa shape index (κ1) is 20.8. The van der Waals surface area contributed by atoms with Crippen LogP contribution < -0.4 is 20.1 Å². The number of hydrogen-bond donors (Lipinski definition) is 2. The van der Waals surface area contributed by atoms with Crippen molar-refractivity contribution in [3.05, 3.63) is 58.4 Å². The molecule has 0 atom stereocenters. The Morgan fingerprint density at radius 2 is 1.89 bits per heavy atom. The van der Waals surface area contributed by atoms with E-state index in [0.29, 0.717) is 42.2 Å². The van der Waals surface area contributed by atoms with Crippen molar-refractivity contribution in [2.75, 3.05) is 27.3 Å². The number of benzene rings is 2. The fourth-order valence-electron chi connectivity index (χ4n) is 2.54. The van der Waals surface area contributed by atoms with Gasteiger partial charge in [0.05, 0.1) is 18.7 Å². The Hall–Kier alpha value is -2.47. The molecule has 0 bridgehead atoms. The molecule has 146 valence electrons. The third-order valence-corrected chi connectivity index (χ3v) is 4.16. The molecule has 0 unspecified atom stereocenters. The number of methoxy groups -OCH3 is 1. The molecule has 2 rings (SSSR count). The Labute approximate surface area is 164 Å². The minimum Gasteiger partial charge on any atom is -0.493 e. The Balaban J connectivity index is 1.89. The maximum atomic E-state index is 12.9. The highest BCUT2D eigenvalue weighted by molar-refractivity contribution is 6.32. The zero-order chi connectivity index (χ0) is 19.6. The standard InChI is InChI=1S/C20H25ClFN3O2/c1-4-27-19-17(21)11-15(12-18(19)26-3)13-25-20(23-2)24-10-9-14-5-7-16(22)8-6-14/h5-8,11-12H,4,9-10,13H2,1-3H3,(H2,23,24,25). The van der Waals surface area contributed by atoms with Gasteiger partial charge in [0.25, 0.3) is 0 Å². The quantitative estimate of drug-likeness (QED) is 0.529. The molecule has 27 heavy (non-hydrogen) atoms. The molecule has 2 N–H and O–H groups in total. The molecule has 2 aromatic rings. The van der Waals surface area contributed by atoms with Crippen molar-refractivity contribution < 1.29 is 13.9 Å². The zero-order valence-corrected chi connectivity index (χ0v) is 16.6. The van der Waals surface area contributed by atoms with Crippen molar-refractivity contribution in [1.29, 1.82) is 0 Å². The van der Waals surface area contributed by atoms with E-state index in [4.69, 9.17) is 21.1 Å². The summed E-state index contributed by atoms with van der Waals surface area (Å²) < 4.78 is 23.8. The van der Waals surface area contributed by atoms with Gasteiger partial charge in [-0.2, -0.15) is 0 Å². The van der Waals surface area contributed by atoms with Crippen molar-refractivity contribution in [1.82, 2.24) is 10.6 Å². The van der Waals surface area contributed by atoms with E-state index in [1.165, 1.54) is 12.1 Å². The van der Waals surface area contributed by atoms with Crippen LogP contribution in [0.1, 0.15) is 18.1 Å². The lowest BCUT2D eigenvalue weighted by atomic mass is 10.1. The summed E-state index contributed by atoms with van der Waals surface area (Å²) in [5, 5.41) is 6.98. The smallest absolute Gasteiger partial charge is 0.191 e. The average molecular weight is 394 g/mol. The highest BCUT2D eigenvalue weighted by atomic mass is 35.5. The second-order valence-corrected chi connectivity index (χ2v) is 6.18. The van der Waals surface area contributed by atoms with Gasteiger partial charge in [-0.05, 0) is 48.7 Å². The lowest BCUT2D eigenvalue weighted by molar-refractivity contribution is 0.311. The molecule has 7 heteroatoms. The fourth-order valence-corrected chi connectivity index (χ4v) is 2.83. The van der Waals surface area contributed by atoms with E-state index in [9.17, 15) is 4.39 Å². The van der Waals surface area contributed by atoms with Crippen molar-refractivity contribution in [3.8, 4) is 11.5 Å². The van der Waals surface area contributed by atoms with Gasteiger partial charge in [0.1, 0.15) is 5.82 Å². The zero-order valence-electron chi connectivity index (χ0n) is 15.8. The van der Waals surface area contributed by atoms with Crippen LogP contribution in [0.15, 0.2) is 41.4 Å². The van der Waals surface area contributed by atoms with E-state index in [2.05, 4.69) is 15.6 Å². The molecule has 0 aromatic heterocycles. The highest BCUT2D eigenvalue weighted by Crippen LogP contribution is 2.36. The third-order valence-electron chi connectivity index (χ3n) is 3.88. The minimum atomic E-state index is -0.228.